The number of nitro benzene ring substituents is 1. The van der Waals surface area contributed by atoms with E-state index in [1.807, 2.05) is 0 Å². The lowest BCUT2D eigenvalue weighted by molar-refractivity contribution is -0.383. The van der Waals surface area contributed by atoms with Crippen molar-refractivity contribution in [3.8, 4) is 0 Å². The fraction of sp³-hybridized carbons (Fsp3) is 0.500. The minimum Gasteiger partial charge on any atom is -0.393 e. The Morgan fingerprint density at radius 2 is 2.15 bits per heavy atom. The molecule has 0 aromatic heterocycles. The highest BCUT2D eigenvalue weighted by Gasteiger charge is 2.45. The number of nitrogens with two attached hydrogens (primary N) is 1. The Kier molecular flexibility index (Phi) is 3.65. The molecule has 20 heavy (non-hydrogen) atoms. The van der Waals surface area contributed by atoms with Gasteiger partial charge >= 0.3 is 0 Å². The molecule has 1 saturated carbocycles. The first-order valence-corrected chi connectivity index (χ1v) is 6.68. The number of nitro groups is 1. The van der Waals surface area contributed by atoms with Crippen LogP contribution in [0.1, 0.15) is 37.0 Å². The van der Waals surface area contributed by atoms with Gasteiger partial charge < -0.3 is 11.1 Å². The SMILES string of the molecule is CC(C)C1(CNC(=O)c2ccc([N+](=O)[O-])c(N)c2)CC1. The molecule has 1 aliphatic rings. The van der Waals surface area contributed by atoms with Crippen LogP contribution in [0.15, 0.2) is 18.2 Å². The van der Waals surface area contributed by atoms with Crippen molar-refractivity contribution in [1.29, 1.82) is 0 Å². The van der Waals surface area contributed by atoms with Gasteiger partial charge in [-0.05, 0) is 36.3 Å². The maximum atomic E-state index is 12.0. The van der Waals surface area contributed by atoms with Gasteiger partial charge in [-0.15, -0.1) is 0 Å². The highest BCUT2D eigenvalue weighted by molar-refractivity contribution is 5.95. The molecule has 0 spiro atoms. The first kappa shape index (κ1) is 14.3. The van der Waals surface area contributed by atoms with E-state index in [-0.39, 0.29) is 22.7 Å². The number of benzene rings is 1. The van der Waals surface area contributed by atoms with Crippen molar-refractivity contribution >= 4 is 17.3 Å². The van der Waals surface area contributed by atoms with Crippen molar-refractivity contribution in [3.63, 3.8) is 0 Å². The molecule has 2 rings (SSSR count). The quantitative estimate of drug-likeness (QED) is 0.490. The first-order chi connectivity index (χ1) is 9.35. The molecule has 0 heterocycles. The molecule has 0 unspecified atom stereocenters. The average Bonchev–Trinajstić information content (AvgIpc) is 3.16. The molecule has 0 aliphatic heterocycles. The highest BCUT2D eigenvalue weighted by atomic mass is 16.6. The van der Waals surface area contributed by atoms with Crippen LogP contribution in [0.3, 0.4) is 0 Å². The molecular weight excluding hydrogens is 258 g/mol. The third kappa shape index (κ3) is 2.74. The molecule has 0 saturated heterocycles. The molecule has 0 bridgehead atoms. The van der Waals surface area contributed by atoms with E-state index >= 15 is 0 Å². The molecule has 0 atom stereocenters. The van der Waals surface area contributed by atoms with Crippen LogP contribution in [0.4, 0.5) is 11.4 Å². The summed E-state index contributed by atoms with van der Waals surface area (Å²) in [5.74, 6) is 0.295. The lowest BCUT2D eigenvalue weighted by atomic mass is 9.92. The number of nitrogens with zero attached hydrogens (tertiary/aromatic N) is 1. The van der Waals surface area contributed by atoms with Crippen LogP contribution in [-0.4, -0.2) is 17.4 Å². The van der Waals surface area contributed by atoms with Gasteiger partial charge in [-0.2, -0.15) is 0 Å². The van der Waals surface area contributed by atoms with Gasteiger partial charge in [-0.25, -0.2) is 0 Å². The second-order valence-electron chi connectivity index (χ2n) is 5.73. The van der Waals surface area contributed by atoms with E-state index in [2.05, 4.69) is 19.2 Å². The summed E-state index contributed by atoms with van der Waals surface area (Å²) in [6.45, 7) is 4.95. The van der Waals surface area contributed by atoms with Gasteiger partial charge in [0.25, 0.3) is 11.6 Å². The summed E-state index contributed by atoms with van der Waals surface area (Å²) < 4.78 is 0. The Labute approximate surface area is 117 Å². The second kappa shape index (κ2) is 5.11. The van der Waals surface area contributed by atoms with Gasteiger partial charge in [0, 0.05) is 18.2 Å². The van der Waals surface area contributed by atoms with Crippen molar-refractivity contribution in [2.45, 2.75) is 26.7 Å². The fourth-order valence-electron chi connectivity index (χ4n) is 2.34. The van der Waals surface area contributed by atoms with Crippen LogP contribution in [0, 0.1) is 21.4 Å². The van der Waals surface area contributed by atoms with E-state index < -0.39 is 4.92 Å². The van der Waals surface area contributed by atoms with E-state index in [9.17, 15) is 14.9 Å². The molecule has 6 nitrogen and oxygen atoms in total. The normalized spacial score (nSPS) is 15.9. The molecule has 0 radical (unpaired) electrons. The van der Waals surface area contributed by atoms with Crippen LogP contribution in [0.25, 0.3) is 0 Å². The summed E-state index contributed by atoms with van der Waals surface area (Å²) in [4.78, 5) is 22.1. The van der Waals surface area contributed by atoms with Gasteiger partial charge in [0.15, 0.2) is 0 Å². The molecule has 1 aromatic carbocycles. The predicted octanol–water partition coefficient (Wildman–Crippen LogP) is 2.34. The lowest BCUT2D eigenvalue weighted by Gasteiger charge is -2.20. The van der Waals surface area contributed by atoms with E-state index in [4.69, 9.17) is 5.73 Å². The molecule has 6 heteroatoms. The maximum Gasteiger partial charge on any atom is 0.292 e. The monoisotopic (exact) mass is 277 g/mol. The first-order valence-electron chi connectivity index (χ1n) is 6.68. The number of rotatable bonds is 5. The molecule has 1 fully saturated rings. The van der Waals surface area contributed by atoms with E-state index in [1.54, 1.807) is 0 Å². The van der Waals surface area contributed by atoms with Crippen molar-refractivity contribution in [3.05, 3.63) is 33.9 Å². The lowest BCUT2D eigenvalue weighted by Crippen LogP contribution is -2.32. The largest absolute Gasteiger partial charge is 0.393 e. The minimum atomic E-state index is -0.561. The van der Waals surface area contributed by atoms with Gasteiger partial charge in [-0.1, -0.05) is 13.8 Å². The molecule has 3 N–H and O–H groups in total. The van der Waals surface area contributed by atoms with Crippen molar-refractivity contribution in [1.82, 2.24) is 5.32 Å². The summed E-state index contributed by atoms with van der Waals surface area (Å²) >= 11 is 0. The third-order valence-electron chi connectivity index (χ3n) is 4.20. The number of amides is 1. The predicted molar refractivity (Wildman–Crippen MR) is 76.3 cm³/mol. The summed E-state index contributed by atoms with van der Waals surface area (Å²) in [5.41, 5.74) is 5.99. The summed E-state index contributed by atoms with van der Waals surface area (Å²) in [7, 11) is 0. The van der Waals surface area contributed by atoms with Crippen LogP contribution in [0.2, 0.25) is 0 Å². The van der Waals surface area contributed by atoms with Gasteiger partial charge in [0.1, 0.15) is 5.69 Å². The number of carbonyl (C=O) groups excluding carboxylic acids is 1. The average molecular weight is 277 g/mol. The number of hydrogen-bond donors (Lipinski definition) is 2. The summed E-state index contributed by atoms with van der Waals surface area (Å²) in [6.07, 6.45) is 2.26. The fourth-order valence-corrected chi connectivity index (χ4v) is 2.34. The standard InChI is InChI=1S/C14H19N3O3/c1-9(2)14(5-6-14)8-16-13(18)10-3-4-12(17(19)20)11(15)7-10/h3-4,7,9H,5-6,8,15H2,1-2H3,(H,16,18). The number of carbonyl (C=O) groups is 1. The zero-order valence-corrected chi connectivity index (χ0v) is 11.7. The molecular formula is C14H19N3O3. The highest BCUT2D eigenvalue weighted by Crippen LogP contribution is 2.51. The van der Waals surface area contributed by atoms with Crippen molar-refractivity contribution < 1.29 is 9.72 Å². The molecule has 1 amide bonds. The second-order valence-corrected chi connectivity index (χ2v) is 5.73. The Bertz CT molecular complexity index is 551. The smallest absolute Gasteiger partial charge is 0.292 e. The van der Waals surface area contributed by atoms with Gasteiger partial charge in [-0.3, -0.25) is 14.9 Å². The maximum absolute atomic E-state index is 12.0. The topological polar surface area (TPSA) is 98.3 Å². The summed E-state index contributed by atoms with van der Waals surface area (Å²) in [5, 5.41) is 13.6. The van der Waals surface area contributed by atoms with Crippen LogP contribution >= 0.6 is 0 Å². The Morgan fingerprint density at radius 1 is 1.50 bits per heavy atom. The van der Waals surface area contributed by atoms with Crippen molar-refractivity contribution in [2.24, 2.45) is 11.3 Å². The number of hydrogen-bond acceptors (Lipinski definition) is 4. The molecule has 1 aromatic rings. The number of nitrogen functional groups attached to an aromatic ring is 1. The Balaban J connectivity index is 2.03. The Hall–Kier alpha value is -2.11. The van der Waals surface area contributed by atoms with E-state index in [0.717, 1.165) is 12.8 Å². The molecule has 108 valence electrons. The minimum absolute atomic E-state index is 0.00708. The summed E-state index contributed by atoms with van der Waals surface area (Å²) in [6, 6.07) is 4.04. The zero-order valence-electron chi connectivity index (χ0n) is 11.7. The van der Waals surface area contributed by atoms with E-state index in [1.165, 1.54) is 18.2 Å². The van der Waals surface area contributed by atoms with Crippen LogP contribution in [-0.2, 0) is 0 Å². The van der Waals surface area contributed by atoms with Crippen molar-refractivity contribution in [2.75, 3.05) is 12.3 Å². The molecule has 1 aliphatic carbocycles. The number of nitrogens with one attached hydrogen (secondary N) is 1. The zero-order chi connectivity index (χ0) is 14.9. The number of anilines is 1. The van der Waals surface area contributed by atoms with Crippen LogP contribution < -0.4 is 11.1 Å². The van der Waals surface area contributed by atoms with Gasteiger partial charge in [0.05, 0.1) is 4.92 Å². The van der Waals surface area contributed by atoms with Crippen LogP contribution in [0.5, 0.6) is 0 Å². The van der Waals surface area contributed by atoms with Gasteiger partial charge in [0.2, 0.25) is 0 Å². The third-order valence-corrected chi connectivity index (χ3v) is 4.20. The van der Waals surface area contributed by atoms with E-state index in [0.29, 0.717) is 18.0 Å². The Morgan fingerprint density at radius 3 is 2.60 bits per heavy atom.